The Morgan fingerprint density at radius 2 is 2.00 bits per heavy atom. The molecule has 0 spiro atoms. The summed E-state index contributed by atoms with van der Waals surface area (Å²) in [7, 11) is 4.24. The van der Waals surface area contributed by atoms with Crippen LogP contribution < -0.4 is 5.32 Å². The molecule has 1 heterocycles. The lowest BCUT2D eigenvalue weighted by Crippen LogP contribution is -2.41. The van der Waals surface area contributed by atoms with Crippen molar-refractivity contribution in [1.29, 1.82) is 0 Å². The second-order valence-electron chi connectivity index (χ2n) is 4.81. The van der Waals surface area contributed by atoms with Crippen molar-refractivity contribution in [3.8, 4) is 0 Å². The first kappa shape index (κ1) is 12.9. The van der Waals surface area contributed by atoms with Crippen molar-refractivity contribution in [1.82, 2.24) is 10.2 Å². The Bertz CT molecular complexity index is 167. The minimum absolute atomic E-state index is 0.515. The van der Waals surface area contributed by atoms with Crippen molar-refractivity contribution in [3.63, 3.8) is 0 Å². The van der Waals surface area contributed by atoms with Crippen molar-refractivity contribution < 1.29 is 4.74 Å². The minimum atomic E-state index is 0.515. The van der Waals surface area contributed by atoms with Gasteiger partial charge in [-0.3, -0.25) is 0 Å². The fraction of sp³-hybridized carbons (Fsp3) is 1.00. The molecule has 90 valence electrons. The number of hydrogen-bond acceptors (Lipinski definition) is 3. The van der Waals surface area contributed by atoms with Gasteiger partial charge in [0.05, 0.1) is 0 Å². The summed E-state index contributed by atoms with van der Waals surface area (Å²) in [5.74, 6) is 0. The van der Waals surface area contributed by atoms with Gasteiger partial charge < -0.3 is 15.0 Å². The third kappa shape index (κ3) is 4.09. The zero-order valence-electron chi connectivity index (χ0n) is 10.5. The van der Waals surface area contributed by atoms with E-state index in [1.165, 1.54) is 25.8 Å². The first-order valence-electron chi connectivity index (χ1n) is 6.13. The molecule has 0 unspecified atom stereocenters. The lowest BCUT2D eigenvalue weighted by molar-refractivity contribution is -0.00285. The fourth-order valence-corrected chi connectivity index (χ4v) is 2.38. The predicted molar refractivity (Wildman–Crippen MR) is 64.2 cm³/mol. The van der Waals surface area contributed by atoms with Crippen molar-refractivity contribution in [3.05, 3.63) is 0 Å². The Balaban J connectivity index is 2.37. The van der Waals surface area contributed by atoms with E-state index in [2.05, 4.69) is 24.2 Å². The summed E-state index contributed by atoms with van der Waals surface area (Å²) in [6.45, 7) is 7.65. The van der Waals surface area contributed by atoms with Crippen LogP contribution in [-0.4, -0.2) is 51.8 Å². The van der Waals surface area contributed by atoms with Crippen LogP contribution in [0.1, 0.15) is 26.2 Å². The van der Waals surface area contributed by atoms with Gasteiger partial charge in [-0.15, -0.1) is 0 Å². The van der Waals surface area contributed by atoms with E-state index in [4.69, 9.17) is 4.74 Å². The number of hydrogen-bond donors (Lipinski definition) is 1. The highest BCUT2D eigenvalue weighted by Gasteiger charge is 2.31. The summed E-state index contributed by atoms with van der Waals surface area (Å²) in [5, 5.41) is 3.20. The summed E-state index contributed by atoms with van der Waals surface area (Å²) in [4.78, 5) is 2.45. The Morgan fingerprint density at radius 1 is 1.33 bits per heavy atom. The first-order chi connectivity index (χ1) is 7.22. The molecule has 0 aromatic heterocycles. The third-order valence-electron chi connectivity index (χ3n) is 3.65. The summed E-state index contributed by atoms with van der Waals surface area (Å²) < 4.78 is 5.46. The quantitative estimate of drug-likeness (QED) is 0.722. The summed E-state index contributed by atoms with van der Waals surface area (Å²) in [6, 6.07) is 0. The zero-order chi connectivity index (χ0) is 11.1. The molecule has 0 saturated carbocycles. The highest BCUT2D eigenvalue weighted by molar-refractivity contribution is 4.83. The van der Waals surface area contributed by atoms with Crippen LogP contribution in [0.25, 0.3) is 0 Å². The van der Waals surface area contributed by atoms with Crippen LogP contribution in [0.3, 0.4) is 0 Å². The standard InChI is InChI=1S/C12H26N2O/c1-4-12(5-9-15-10-6-12)11-14(3)8-7-13-2/h13H,4-11H2,1-3H3. The van der Waals surface area contributed by atoms with Gasteiger partial charge >= 0.3 is 0 Å². The van der Waals surface area contributed by atoms with E-state index in [-0.39, 0.29) is 0 Å². The van der Waals surface area contributed by atoms with Crippen LogP contribution in [0.5, 0.6) is 0 Å². The molecule has 15 heavy (non-hydrogen) atoms. The molecule has 0 aromatic rings. The van der Waals surface area contributed by atoms with Gasteiger partial charge in [0.1, 0.15) is 0 Å². The van der Waals surface area contributed by atoms with E-state index in [9.17, 15) is 0 Å². The van der Waals surface area contributed by atoms with E-state index < -0.39 is 0 Å². The molecular formula is C12H26N2O. The molecule has 0 aromatic carbocycles. The monoisotopic (exact) mass is 214 g/mol. The van der Waals surface area contributed by atoms with Crippen LogP contribution in [0.15, 0.2) is 0 Å². The van der Waals surface area contributed by atoms with Gasteiger partial charge in [0.25, 0.3) is 0 Å². The van der Waals surface area contributed by atoms with Gasteiger partial charge in [-0.1, -0.05) is 6.92 Å². The minimum Gasteiger partial charge on any atom is -0.381 e. The fourth-order valence-electron chi connectivity index (χ4n) is 2.38. The number of likely N-dealkylation sites (N-methyl/N-ethyl adjacent to an activating group) is 2. The van der Waals surface area contributed by atoms with E-state index in [1.54, 1.807) is 0 Å². The van der Waals surface area contributed by atoms with Crippen molar-refractivity contribution >= 4 is 0 Å². The van der Waals surface area contributed by atoms with Crippen molar-refractivity contribution in [2.45, 2.75) is 26.2 Å². The van der Waals surface area contributed by atoms with Crippen LogP contribution in [0, 0.1) is 5.41 Å². The van der Waals surface area contributed by atoms with E-state index in [0.717, 1.165) is 26.3 Å². The average molecular weight is 214 g/mol. The number of nitrogens with zero attached hydrogens (tertiary/aromatic N) is 1. The first-order valence-corrected chi connectivity index (χ1v) is 6.13. The van der Waals surface area contributed by atoms with Crippen LogP contribution in [-0.2, 0) is 4.74 Å². The molecular weight excluding hydrogens is 188 g/mol. The molecule has 3 heteroatoms. The molecule has 1 rings (SSSR count). The average Bonchev–Trinajstić information content (AvgIpc) is 2.27. The molecule has 0 aliphatic carbocycles. The van der Waals surface area contributed by atoms with E-state index in [0.29, 0.717) is 5.41 Å². The Labute approximate surface area is 94.2 Å². The molecule has 1 fully saturated rings. The maximum atomic E-state index is 5.46. The van der Waals surface area contributed by atoms with Crippen LogP contribution in [0.4, 0.5) is 0 Å². The molecule has 0 amide bonds. The lowest BCUT2D eigenvalue weighted by Gasteiger charge is -2.39. The van der Waals surface area contributed by atoms with Gasteiger partial charge in [-0.2, -0.15) is 0 Å². The Kier molecular flexibility index (Phi) is 5.58. The molecule has 0 bridgehead atoms. The highest BCUT2D eigenvalue weighted by Crippen LogP contribution is 2.34. The molecule has 1 aliphatic rings. The zero-order valence-corrected chi connectivity index (χ0v) is 10.5. The molecule has 0 radical (unpaired) electrons. The van der Waals surface area contributed by atoms with Crippen molar-refractivity contribution in [2.24, 2.45) is 5.41 Å². The van der Waals surface area contributed by atoms with Crippen molar-refractivity contribution in [2.75, 3.05) is 46.9 Å². The molecule has 1 saturated heterocycles. The Hall–Kier alpha value is -0.120. The smallest absolute Gasteiger partial charge is 0.0471 e. The maximum Gasteiger partial charge on any atom is 0.0471 e. The molecule has 1 aliphatic heterocycles. The maximum absolute atomic E-state index is 5.46. The lowest BCUT2D eigenvalue weighted by atomic mass is 9.77. The molecule has 3 nitrogen and oxygen atoms in total. The second kappa shape index (κ2) is 6.46. The molecule has 1 N–H and O–H groups in total. The Morgan fingerprint density at radius 3 is 2.53 bits per heavy atom. The topological polar surface area (TPSA) is 24.5 Å². The van der Waals surface area contributed by atoms with Crippen LogP contribution >= 0.6 is 0 Å². The van der Waals surface area contributed by atoms with E-state index in [1.807, 2.05) is 7.05 Å². The number of ether oxygens (including phenoxy) is 1. The normalized spacial score (nSPS) is 20.8. The van der Waals surface area contributed by atoms with Gasteiger partial charge in [-0.25, -0.2) is 0 Å². The second-order valence-corrected chi connectivity index (χ2v) is 4.81. The largest absolute Gasteiger partial charge is 0.381 e. The molecule has 0 atom stereocenters. The highest BCUT2D eigenvalue weighted by atomic mass is 16.5. The summed E-state index contributed by atoms with van der Waals surface area (Å²) >= 11 is 0. The van der Waals surface area contributed by atoms with E-state index >= 15 is 0 Å². The van der Waals surface area contributed by atoms with Gasteiger partial charge in [-0.05, 0) is 38.8 Å². The SMILES string of the molecule is CCC1(CN(C)CCNC)CCOCC1. The third-order valence-corrected chi connectivity index (χ3v) is 3.65. The van der Waals surface area contributed by atoms with Gasteiger partial charge in [0.2, 0.25) is 0 Å². The van der Waals surface area contributed by atoms with Crippen LogP contribution in [0.2, 0.25) is 0 Å². The van der Waals surface area contributed by atoms with Gasteiger partial charge in [0, 0.05) is 32.8 Å². The number of rotatable bonds is 6. The summed E-state index contributed by atoms with van der Waals surface area (Å²) in [6.07, 6.45) is 3.74. The summed E-state index contributed by atoms with van der Waals surface area (Å²) in [5.41, 5.74) is 0.515. The predicted octanol–water partition coefficient (Wildman–Crippen LogP) is 1.34. The van der Waals surface area contributed by atoms with Gasteiger partial charge in [0.15, 0.2) is 0 Å². The number of nitrogens with one attached hydrogen (secondary N) is 1.